The maximum atomic E-state index is 13.4. The van der Waals surface area contributed by atoms with Gasteiger partial charge in [-0.3, -0.25) is 4.79 Å². The highest BCUT2D eigenvalue weighted by molar-refractivity contribution is 5.98. The number of carbonyl (C=O) groups is 2. The van der Waals surface area contributed by atoms with E-state index in [1.807, 2.05) is 6.07 Å². The predicted molar refractivity (Wildman–Crippen MR) is 165 cm³/mol. The average molecular weight is 590 g/mol. The molecule has 3 atom stereocenters. The second-order valence-electron chi connectivity index (χ2n) is 11.7. The lowest BCUT2D eigenvalue weighted by molar-refractivity contribution is -0.175. The Morgan fingerprint density at radius 2 is 1.52 bits per heavy atom. The molecule has 1 heterocycles. The summed E-state index contributed by atoms with van der Waals surface area (Å²) in [6, 6.07) is 8.70. The molecule has 0 radical (unpaired) electrons. The molecule has 8 heteroatoms. The molecule has 1 aromatic rings. The quantitative estimate of drug-likeness (QED) is 0.0666. The zero-order chi connectivity index (χ0) is 30.7. The van der Waals surface area contributed by atoms with Gasteiger partial charge in [0.05, 0.1) is 19.8 Å². The summed E-state index contributed by atoms with van der Waals surface area (Å²) in [4.78, 5) is 26.7. The van der Waals surface area contributed by atoms with Gasteiger partial charge >= 0.3 is 5.97 Å². The van der Waals surface area contributed by atoms with Crippen molar-refractivity contribution in [2.24, 2.45) is 0 Å². The number of methoxy groups -OCH3 is 2. The molecule has 1 N–H and O–H groups in total. The average Bonchev–Trinajstić information content (AvgIpc) is 3.31. The van der Waals surface area contributed by atoms with E-state index in [9.17, 15) is 9.59 Å². The molecule has 1 saturated heterocycles. The molecule has 0 aliphatic carbocycles. The molecule has 0 aromatic heterocycles. The summed E-state index contributed by atoms with van der Waals surface area (Å²) in [7, 11) is 2.77. The fraction of sp³-hybridized carbons (Fsp3) is 0.706. The molecule has 238 valence electrons. The topological polar surface area (TPSA) is 92.3 Å². The first-order valence-corrected chi connectivity index (χ1v) is 15.8. The fourth-order valence-corrected chi connectivity index (χ4v) is 5.45. The lowest BCUT2D eigenvalue weighted by Gasteiger charge is -2.37. The highest BCUT2D eigenvalue weighted by Crippen LogP contribution is 2.37. The van der Waals surface area contributed by atoms with Gasteiger partial charge in [0.15, 0.2) is 11.3 Å². The number of carbonyl (C=O) groups excluding carboxylic acids is 2. The van der Waals surface area contributed by atoms with Crippen molar-refractivity contribution in [3.8, 4) is 0 Å². The largest absolute Gasteiger partial charge is 0.467 e. The number of amides is 1. The van der Waals surface area contributed by atoms with Crippen molar-refractivity contribution in [1.29, 1.82) is 0 Å². The Bertz CT molecular complexity index is 920. The minimum absolute atomic E-state index is 0.0690. The van der Waals surface area contributed by atoms with Crippen LogP contribution in [0.15, 0.2) is 42.5 Å². The molecule has 8 nitrogen and oxygen atoms in total. The first-order valence-electron chi connectivity index (χ1n) is 15.8. The number of unbranched alkanes of at least 4 members (excludes halogenated alkanes) is 11. The Balaban J connectivity index is 1.99. The summed E-state index contributed by atoms with van der Waals surface area (Å²) >= 11 is 0. The maximum absolute atomic E-state index is 13.4. The summed E-state index contributed by atoms with van der Waals surface area (Å²) in [6.07, 6.45) is 18.9. The Labute approximate surface area is 253 Å². The second-order valence-corrected chi connectivity index (χ2v) is 11.7. The normalized spacial score (nSPS) is 19.5. The van der Waals surface area contributed by atoms with Gasteiger partial charge in [0.2, 0.25) is 0 Å². The summed E-state index contributed by atoms with van der Waals surface area (Å²) in [5.74, 6) is -2.10. The van der Waals surface area contributed by atoms with E-state index in [-0.39, 0.29) is 13.4 Å². The molecule has 1 amide bonds. The molecular weight excluding hydrogens is 534 g/mol. The lowest BCUT2D eigenvalue weighted by Crippen LogP contribution is -2.67. The third-order valence-electron chi connectivity index (χ3n) is 7.63. The number of rotatable bonds is 22. The van der Waals surface area contributed by atoms with Crippen molar-refractivity contribution in [2.75, 3.05) is 27.6 Å². The molecule has 0 unspecified atom stereocenters. The van der Waals surface area contributed by atoms with Crippen molar-refractivity contribution in [1.82, 2.24) is 5.32 Å². The lowest BCUT2D eigenvalue weighted by atomic mass is 9.87. The van der Waals surface area contributed by atoms with Crippen LogP contribution in [0, 0.1) is 0 Å². The highest BCUT2D eigenvalue weighted by Gasteiger charge is 2.58. The van der Waals surface area contributed by atoms with Gasteiger partial charge in [-0.15, -0.1) is 0 Å². The van der Waals surface area contributed by atoms with Crippen LogP contribution < -0.4 is 5.32 Å². The summed E-state index contributed by atoms with van der Waals surface area (Å²) in [5.41, 5.74) is -1.26. The van der Waals surface area contributed by atoms with E-state index in [0.717, 1.165) is 12.8 Å². The van der Waals surface area contributed by atoms with Gasteiger partial charge in [-0.2, -0.15) is 0 Å². The SMILES string of the molecule is CCCCCCCCCCCCC/C=C\C[C@H]1OC(C)(C)O[C@@H]1[C@@](COCOC)(NC(=O)c1ccccc1)C(=O)OC. The van der Waals surface area contributed by atoms with Gasteiger partial charge in [0.1, 0.15) is 12.9 Å². The van der Waals surface area contributed by atoms with E-state index < -0.39 is 35.4 Å². The molecule has 0 bridgehead atoms. The van der Waals surface area contributed by atoms with Gasteiger partial charge in [0, 0.05) is 12.7 Å². The van der Waals surface area contributed by atoms with E-state index in [1.54, 1.807) is 38.1 Å². The number of ether oxygens (including phenoxy) is 5. The van der Waals surface area contributed by atoms with Gasteiger partial charge in [0.25, 0.3) is 5.91 Å². The van der Waals surface area contributed by atoms with Crippen molar-refractivity contribution in [3.05, 3.63) is 48.0 Å². The van der Waals surface area contributed by atoms with Gasteiger partial charge < -0.3 is 29.0 Å². The minimum atomic E-state index is -1.66. The van der Waals surface area contributed by atoms with Crippen LogP contribution in [0.5, 0.6) is 0 Å². The smallest absolute Gasteiger partial charge is 0.336 e. The minimum Gasteiger partial charge on any atom is -0.467 e. The van der Waals surface area contributed by atoms with E-state index >= 15 is 0 Å². The summed E-state index contributed by atoms with van der Waals surface area (Å²) in [5, 5.41) is 2.89. The molecule has 42 heavy (non-hydrogen) atoms. The third-order valence-corrected chi connectivity index (χ3v) is 7.63. The Hall–Kier alpha value is -2.26. The molecular formula is C34H55NO7. The van der Waals surface area contributed by atoms with Crippen molar-refractivity contribution in [2.45, 2.75) is 128 Å². The summed E-state index contributed by atoms with van der Waals surface area (Å²) < 4.78 is 28.5. The first-order chi connectivity index (χ1) is 20.3. The zero-order valence-corrected chi connectivity index (χ0v) is 26.7. The third kappa shape index (κ3) is 12.2. The van der Waals surface area contributed by atoms with Crippen LogP contribution in [0.2, 0.25) is 0 Å². The molecule has 1 aliphatic heterocycles. The second kappa shape index (κ2) is 19.8. The van der Waals surface area contributed by atoms with Crippen LogP contribution in [-0.4, -0.2) is 63.0 Å². The molecule has 2 rings (SSSR count). The number of nitrogens with one attached hydrogen (secondary N) is 1. The maximum Gasteiger partial charge on any atom is 0.336 e. The van der Waals surface area contributed by atoms with Crippen LogP contribution in [0.1, 0.15) is 115 Å². The molecule has 0 saturated carbocycles. The zero-order valence-electron chi connectivity index (χ0n) is 26.7. The molecule has 1 aromatic carbocycles. The Morgan fingerprint density at radius 3 is 2.12 bits per heavy atom. The number of hydrogen-bond acceptors (Lipinski definition) is 7. The van der Waals surface area contributed by atoms with Crippen LogP contribution >= 0.6 is 0 Å². The number of hydrogen-bond donors (Lipinski definition) is 1. The van der Waals surface area contributed by atoms with Crippen LogP contribution in [0.4, 0.5) is 0 Å². The summed E-state index contributed by atoms with van der Waals surface area (Å²) in [6.45, 7) is 5.57. The van der Waals surface area contributed by atoms with Crippen LogP contribution in [-0.2, 0) is 28.5 Å². The van der Waals surface area contributed by atoms with Gasteiger partial charge in [-0.1, -0.05) is 101 Å². The number of allylic oxidation sites excluding steroid dienone is 1. The van der Waals surface area contributed by atoms with Crippen LogP contribution in [0.25, 0.3) is 0 Å². The molecule has 1 fully saturated rings. The standard InChI is InChI=1S/C34H55NO7/c1-6-7-8-9-10-11-12-13-14-15-16-17-18-22-25-29-30(42-33(2,3)41-29)34(32(37)39-5,26-40-27-38-4)35-31(36)28-23-20-19-21-24-28/h18-24,29-30H,6-17,25-27H2,1-5H3,(H,35,36)/b22-18-/t29-,30+,34-/m1/s1. The van der Waals surface area contributed by atoms with E-state index in [1.165, 1.54) is 78.4 Å². The Kier molecular flexibility index (Phi) is 17.0. The van der Waals surface area contributed by atoms with E-state index in [4.69, 9.17) is 23.7 Å². The number of esters is 1. The molecule has 1 aliphatic rings. The van der Waals surface area contributed by atoms with Crippen LogP contribution in [0.3, 0.4) is 0 Å². The predicted octanol–water partition coefficient (Wildman–Crippen LogP) is 7.12. The van der Waals surface area contributed by atoms with Gasteiger partial charge in [-0.05, 0) is 45.2 Å². The van der Waals surface area contributed by atoms with E-state index in [0.29, 0.717) is 12.0 Å². The fourth-order valence-electron chi connectivity index (χ4n) is 5.45. The Morgan fingerprint density at radius 1 is 0.905 bits per heavy atom. The number of benzene rings is 1. The van der Waals surface area contributed by atoms with Crippen molar-refractivity contribution in [3.63, 3.8) is 0 Å². The van der Waals surface area contributed by atoms with E-state index in [2.05, 4.69) is 24.4 Å². The monoisotopic (exact) mass is 589 g/mol. The highest BCUT2D eigenvalue weighted by atomic mass is 16.8. The van der Waals surface area contributed by atoms with Crippen molar-refractivity contribution < 1.29 is 33.3 Å². The van der Waals surface area contributed by atoms with Gasteiger partial charge in [-0.25, -0.2) is 4.79 Å². The first kappa shape index (κ1) is 35.9. The molecule has 0 spiro atoms. The van der Waals surface area contributed by atoms with Crippen molar-refractivity contribution >= 4 is 11.9 Å².